The Morgan fingerprint density at radius 3 is 2.76 bits per heavy atom. The number of rotatable bonds is 1. The molecule has 0 bridgehead atoms. The van der Waals surface area contributed by atoms with E-state index in [1.807, 2.05) is 6.20 Å². The van der Waals surface area contributed by atoms with Crippen molar-refractivity contribution in [1.29, 1.82) is 0 Å². The smallest absolute Gasteiger partial charge is 0.0712 e. The summed E-state index contributed by atoms with van der Waals surface area (Å²) in [5.74, 6) is 0. The van der Waals surface area contributed by atoms with Crippen molar-refractivity contribution in [2.24, 2.45) is 0 Å². The van der Waals surface area contributed by atoms with Gasteiger partial charge in [-0.15, -0.1) is 0 Å². The third kappa shape index (κ3) is 1.64. The van der Waals surface area contributed by atoms with Crippen LogP contribution in [0.3, 0.4) is 0 Å². The van der Waals surface area contributed by atoms with E-state index in [-0.39, 0.29) is 0 Å². The second kappa shape index (κ2) is 4.11. The summed E-state index contributed by atoms with van der Waals surface area (Å²) in [6.07, 6.45) is 2.96. The molecule has 0 atom stereocenters. The quantitative estimate of drug-likeness (QED) is 0.590. The fourth-order valence-electron chi connectivity index (χ4n) is 2.34. The lowest BCUT2D eigenvalue weighted by Crippen LogP contribution is -1.90. The zero-order valence-corrected chi connectivity index (χ0v) is 11.2. The first-order valence-electron chi connectivity index (χ1n) is 5.76. The van der Waals surface area contributed by atoms with Crippen LogP contribution >= 0.6 is 15.9 Å². The van der Waals surface area contributed by atoms with Crippen LogP contribution in [0.2, 0.25) is 0 Å². The van der Waals surface area contributed by atoms with Gasteiger partial charge in [-0.2, -0.15) is 0 Å². The van der Waals surface area contributed by atoms with E-state index >= 15 is 0 Å². The summed E-state index contributed by atoms with van der Waals surface area (Å²) in [7, 11) is 0. The van der Waals surface area contributed by atoms with Crippen LogP contribution in [-0.2, 0) is 6.42 Å². The van der Waals surface area contributed by atoms with Crippen molar-refractivity contribution in [3.63, 3.8) is 0 Å². The van der Waals surface area contributed by atoms with Crippen LogP contribution in [0, 0.1) is 0 Å². The molecule has 0 amide bonds. The molecular weight excluding hydrogens is 274 g/mol. The topological polar surface area (TPSA) is 12.9 Å². The highest BCUT2D eigenvalue weighted by Crippen LogP contribution is 2.31. The van der Waals surface area contributed by atoms with Gasteiger partial charge in [0, 0.05) is 21.4 Å². The number of fused-ring (bicyclic) bond motifs is 3. The van der Waals surface area contributed by atoms with Crippen LogP contribution in [0.5, 0.6) is 0 Å². The Labute approximate surface area is 109 Å². The van der Waals surface area contributed by atoms with Crippen molar-refractivity contribution in [2.45, 2.75) is 13.3 Å². The van der Waals surface area contributed by atoms with Gasteiger partial charge in [-0.25, -0.2) is 0 Å². The standard InChI is InChI=1S/C15H12BrN/c1-2-11-13(16)7-8-14-15(11)12-6-4-3-5-10(12)9-17-14/h3-9H,2H2,1H3. The SMILES string of the molecule is CCc1c(Br)ccc2ncc3ccccc3c12. The average molecular weight is 286 g/mol. The summed E-state index contributed by atoms with van der Waals surface area (Å²) in [6.45, 7) is 2.18. The maximum absolute atomic E-state index is 4.54. The number of hydrogen-bond donors (Lipinski definition) is 0. The molecule has 0 N–H and O–H groups in total. The monoisotopic (exact) mass is 285 g/mol. The number of aromatic nitrogens is 1. The molecule has 0 fully saturated rings. The van der Waals surface area contributed by atoms with Gasteiger partial charge in [0.1, 0.15) is 0 Å². The van der Waals surface area contributed by atoms with Gasteiger partial charge in [-0.3, -0.25) is 4.98 Å². The average Bonchev–Trinajstić information content (AvgIpc) is 2.38. The normalized spacial score (nSPS) is 11.2. The molecule has 0 aliphatic carbocycles. The third-order valence-electron chi connectivity index (χ3n) is 3.16. The summed E-state index contributed by atoms with van der Waals surface area (Å²) in [6, 6.07) is 12.6. The van der Waals surface area contributed by atoms with E-state index in [0.717, 1.165) is 11.9 Å². The summed E-state index contributed by atoms with van der Waals surface area (Å²) in [5, 5.41) is 3.77. The minimum atomic E-state index is 1.01. The zero-order chi connectivity index (χ0) is 11.8. The van der Waals surface area contributed by atoms with Crippen LogP contribution in [0.4, 0.5) is 0 Å². The molecule has 0 saturated heterocycles. The Morgan fingerprint density at radius 2 is 1.94 bits per heavy atom. The fourth-order valence-corrected chi connectivity index (χ4v) is 2.95. The van der Waals surface area contributed by atoms with Crippen LogP contribution < -0.4 is 0 Å². The molecular formula is C15H12BrN. The molecule has 1 aromatic heterocycles. The number of halogens is 1. The maximum atomic E-state index is 4.54. The van der Waals surface area contributed by atoms with Gasteiger partial charge in [0.25, 0.3) is 0 Å². The third-order valence-corrected chi connectivity index (χ3v) is 3.90. The minimum Gasteiger partial charge on any atom is -0.256 e. The molecule has 2 heteroatoms. The van der Waals surface area contributed by atoms with Crippen LogP contribution in [-0.4, -0.2) is 4.98 Å². The summed E-state index contributed by atoms with van der Waals surface area (Å²) in [5.41, 5.74) is 2.41. The lowest BCUT2D eigenvalue weighted by molar-refractivity contribution is 1.15. The van der Waals surface area contributed by atoms with E-state index in [1.54, 1.807) is 0 Å². The second-order valence-electron chi connectivity index (χ2n) is 4.12. The lowest BCUT2D eigenvalue weighted by Gasteiger charge is -2.09. The molecule has 3 rings (SSSR count). The van der Waals surface area contributed by atoms with Gasteiger partial charge < -0.3 is 0 Å². The predicted molar refractivity (Wildman–Crippen MR) is 76.3 cm³/mol. The zero-order valence-electron chi connectivity index (χ0n) is 9.57. The highest BCUT2D eigenvalue weighted by atomic mass is 79.9. The van der Waals surface area contributed by atoms with Gasteiger partial charge in [0.05, 0.1) is 5.52 Å². The molecule has 0 aliphatic heterocycles. The maximum Gasteiger partial charge on any atom is 0.0712 e. The lowest BCUT2D eigenvalue weighted by atomic mass is 10.0. The van der Waals surface area contributed by atoms with Crippen molar-refractivity contribution in [3.8, 4) is 0 Å². The Balaban J connectivity index is 2.59. The molecule has 1 nitrogen and oxygen atoms in total. The number of nitrogens with zero attached hydrogens (tertiary/aromatic N) is 1. The van der Waals surface area contributed by atoms with Crippen molar-refractivity contribution in [1.82, 2.24) is 4.98 Å². The highest BCUT2D eigenvalue weighted by molar-refractivity contribution is 9.10. The molecule has 84 valence electrons. The molecule has 0 aliphatic rings. The molecule has 0 spiro atoms. The number of aryl methyl sites for hydroxylation is 1. The van der Waals surface area contributed by atoms with Gasteiger partial charge in [-0.05, 0) is 29.5 Å². The van der Waals surface area contributed by atoms with Gasteiger partial charge in [-0.1, -0.05) is 47.1 Å². The first-order chi connectivity index (χ1) is 8.31. The van der Waals surface area contributed by atoms with E-state index in [9.17, 15) is 0 Å². The summed E-state index contributed by atoms with van der Waals surface area (Å²) >= 11 is 3.64. The van der Waals surface area contributed by atoms with Gasteiger partial charge in [0.2, 0.25) is 0 Å². The molecule has 2 aromatic carbocycles. The Bertz CT molecular complexity index is 704. The molecule has 17 heavy (non-hydrogen) atoms. The summed E-state index contributed by atoms with van der Waals surface area (Å²) < 4.78 is 1.17. The second-order valence-corrected chi connectivity index (χ2v) is 4.97. The number of benzene rings is 2. The Morgan fingerprint density at radius 1 is 1.12 bits per heavy atom. The molecule has 0 saturated carbocycles. The van der Waals surface area contributed by atoms with Gasteiger partial charge in [0.15, 0.2) is 0 Å². The molecule has 0 radical (unpaired) electrons. The van der Waals surface area contributed by atoms with E-state index < -0.39 is 0 Å². The fraction of sp³-hybridized carbons (Fsp3) is 0.133. The molecule has 3 aromatic rings. The minimum absolute atomic E-state index is 1.01. The number of pyridine rings is 1. The van der Waals surface area contributed by atoms with E-state index in [2.05, 4.69) is 64.2 Å². The van der Waals surface area contributed by atoms with Crippen molar-refractivity contribution >= 4 is 37.6 Å². The van der Waals surface area contributed by atoms with Crippen molar-refractivity contribution < 1.29 is 0 Å². The summed E-state index contributed by atoms with van der Waals surface area (Å²) in [4.78, 5) is 4.54. The van der Waals surface area contributed by atoms with E-state index in [0.29, 0.717) is 0 Å². The predicted octanol–water partition coefficient (Wildman–Crippen LogP) is 4.71. The van der Waals surface area contributed by atoms with Crippen molar-refractivity contribution in [2.75, 3.05) is 0 Å². The molecule has 0 unspecified atom stereocenters. The van der Waals surface area contributed by atoms with Gasteiger partial charge >= 0.3 is 0 Å². The first-order valence-corrected chi connectivity index (χ1v) is 6.55. The van der Waals surface area contributed by atoms with E-state index in [1.165, 1.54) is 26.2 Å². The molecule has 1 heterocycles. The van der Waals surface area contributed by atoms with Crippen LogP contribution in [0.25, 0.3) is 21.7 Å². The van der Waals surface area contributed by atoms with Crippen LogP contribution in [0.1, 0.15) is 12.5 Å². The van der Waals surface area contributed by atoms with Crippen molar-refractivity contribution in [3.05, 3.63) is 52.6 Å². The Hall–Kier alpha value is -1.41. The highest BCUT2D eigenvalue weighted by Gasteiger charge is 2.08. The number of hydrogen-bond acceptors (Lipinski definition) is 1. The van der Waals surface area contributed by atoms with E-state index in [4.69, 9.17) is 0 Å². The first kappa shape index (κ1) is 10.7. The Kier molecular flexibility index (Phi) is 2.60. The largest absolute Gasteiger partial charge is 0.256 e. The van der Waals surface area contributed by atoms with Crippen LogP contribution in [0.15, 0.2) is 47.1 Å².